The summed E-state index contributed by atoms with van der Waals surface area (Å²) in [5.74, 6) is -0.764. The van der Waals surface area contributed by atoms with Gasteiger partial charge in [0.25, 0.3) is 0 Å². The predicted octanol–water partition coefficient (Wildman–Crippen LogP) is -1.37. The van der Waals surface area contributed by atoms with Crippen LogP contribution in [-0.2, 0) is 9.53 Å². The minimum atomic E-state index is -1.69. The van der Waals surface area contributed by atoms with Crippen LogP contribution in [0.5, 0.6) is 0 Å². The SMILES string of the molecule is COC(=O)C(O)C(O)c1ccc(N)nn1. The number of hydrogen-bond donors (Lipinski definition) is 3. The summed E-state index contributed by atoms with van der Waals surface area (Å²) in [5, 5.41) is 25.8. The summed E-state index contributed by atoms with van der Waals surface area (Å²) in [6, 6.07) is 2.76. The van der Waals surface area contributed by atoms with Crippen molar-refractivity contribution in [1.82, 2.24) is 10.2 Å². The molecule has 2 unspecified atom stereocenters. The van der Waals surface area contributed by atoms with Crippen LogP contribution in [0, 0.1) is 0 Å². The number of aromatic nitrogens is 2. The maximum absolute atomic E-state index is 10.9. The molecule has 1 aromatic rings. The van der Waals surface area contributed by atoms with Gasteiger partial charge in [-0.3, -0.25) is 0 Å². The molecule has 0 aliphatic carbocycles. The minimum absolute atomic E-state index is 0.0436. The average Bonchev–Trinajstić information content (AvgIpc) is 2.27. The number of nitrogens with zero attached hydrogens (tertiary/aromatic N) is 2. The fourth-order valence-electron chi connectivity index (χ4n) is 0.922. The lowest BCUT2D eigenvalue weighted by atomic mass is 10.1. The van der Waals surface area contributed by atoms with Gasteiger partial charge in [0, 0.05) is 0 Å². The molecule has 7 heteroatoms. The maximum Gasteiger partial charge on any atom is 0.337 e. The molecule has 82 valence electrons. The Bertz CT molecular complexity index is 340. The van der Waals surface area contributed by atoms with Gasteiger partial charge in [-0.15, -0.1) is 5.10 Å². The quantitative estimate of drug-likeness (QED) is 0.530. The third-order valence-electron chi connectivity index (χ3n) is 1.75. The van der Waals surface area contributed by atoms with E-state index in [1.54, 1.807) is 0 Å². The highest BCUT2D eigenvalue weighted by Crippen LogP contribution is 2.14. The van der Waals surface area contributed by atoms with Crippen LogP contribution in [0.4, 0.5) is 5.82 Å². The van der Waals surface area contributed by atoms with E-state index in [9.17, 15) is 15.0 Å². The molecule has 0 spiro atoms. The van der Waals surface area contributed by atoms with Gasteiger partial charge >= 0.3 is 5.97 Å². The summed E-state index contributed by atoms with van der Waals surface area (Å²) in [6.07, 6.45) is -3.17. The molecule has 1 heterocycles. The van der Waals surface area contributed by atoms with E-state index >= 15 is 0 Å². The number of hydrogen-bond acceptors (Lipinski definition) is 7. The van der Waals surface area contributed by atoms with Crippen molar-refractivity contribution in [3.05, 3.63) is 17.8 Å². The molecule has 0 fully saturated rings. The first-order valence-electron chi connectivity index (χ1n) is 4.09. The molecule has 2 atom stereocenters. The Labute approximate surface area is 85.5 Å². The Morgan fingerprint density at radius 2 is 2.13 bits per heavy atom. The normalized spacial score (nSPS) is 14.3. The molecule has 0 aliphatic rings. The van der Waals surface area contributed by atoms with Crippen molar-refractivity contribution in [1.29, 1.82) is 0 Å². The number of anilines is 1. The first-order valence-corrected chi connectivity index (χ1v) is 4.09. The van der Waals surface area contributed by atoms with E-state index < -0.39 is 18.2 Å². The fourth-order valence-corrected chi connectivity index (χ4v) is 0.922. The van der Waals surface area contributed by atoms with E-state index in [0.29, 0.717) is 0 Å². The van der Waals surface area contributed by atoms with Gasteiger partial charge in [0.2, 0.25) is 0 Å². The van der Waals surface area contributed by atoms with Crippen LogP contribution >= 0.6 is 0 Å². The molecule has 15 heavy (non-hydrogen) atoms. The van der Waals surface area contributed by atoms with Gasteiger partial charge in [0.1, 0.15) is 11.9 Å². The predicted molar refractivity (Wildman–Crippen MR) is 49.4 cm³/mol. The van der Waals surface area contributed by atoms with Crippen LogP contribution in [0.25, 0.3) is 0 Å². The standard InChI is InChI=1S/C8H11N3O4/c1-15-8(14)7(13)6(12)4-2-3-5(9)11-10-4/h2-3,6-7,12-13H,1H3,(H2,9,11). The summed E-state index contributed by atoms with van der Waals surface area (Å²) in [5.41, 5.74) is 5.32. The molecule has 1 aromatic heterocycles. The molecule has 4 N–H and O–H groups in total. The molecule has 0 amide bonds. The lowest BCUT2D eigenvalue weighted by molar-refractivity contribution is -0.157. The molecule has 0 radical (unpaired) electrons. The number of nitrogens with two attached hydrogens (primary N) is 1. The molecular formula is C8H11N3O4. The van der Waals surface area contributed by atoms with Crippen molar-refractivity contribution in [2.45, 2.75) is 12.2 Å². The summed E-state index contributed by atoms with van der Waals surface area (Å²) < 4.78 is 4.26. The Morgan fingerprint density at radius 1 is 1.47 bits per heavy atom. The van der Waals surface area contributed by atoms with Gasteiger partial charge in [-0.2, -0.15) is 5.10 Å². The van der Waals surface area contributed by atoms with Crippen molar-refractivity contribution in [2.75, 3.05) is 12.8 Å². The highest BCUT2D eigenvalue weighted by molar-refractivity contribution is 5.75. The van der Waals surface area contributed by atoms with Crippen LogP contribution in [0.1, 0.15) is 11.8 Å². The van der Waals surface area contributed by atoms with E-state index in [0.717, 1.165) is 7.11 Å². The highest BCUT2D eigenvalue weighted by Gasteiger charge is 2.27. The van der Waals surface area contributed by atoms with Crippen LogP contribution in [-0.4, -0.2) is 39.6 Å². The summed E-state index contributed by atoms with van der Waals surface area (Å²) >= 11 is 0. The van der Waals surface area contributed by atoms with Crippen LogP contribution < -0.4 is 5.73 Å². The second-order valence-corrected chi connectivity index (χ2v) is 2.80. The van der Waals surface area contributed by atoms with Crippen molar-refractivity contribution >= 4 is 11.8 Å². The zero-order chi connectivity index (χ0) is 11.4. The van der Waals surface area contributed by atoms with Gasteiger partial charge in [0.15, 0.2) is 6.10 Å². The van der Waals surface area contributed by atoms with E-state index in [2.05, 4.69) is 14.9 Å². The molecule has 0 aromatic carbocycles. The Kier molecular flexibility index (Phi) is 3.53. The number of esters is 1. The molecule has 0 saturated heterocycles. The minimum Gasteiger partial charge on any atom is -0.467 e. The molecule has 0 aliphatic heterocycles. The van der Waals surface area contributed by atoms with Crippen molar-refractivity contribution < 1.29 is 19.7 Å². The Hall–Kier alpha value is -1.73. The highest BCUT2D eigenvalue weighted by atomic mass is 16.5. The smallest absolute Gasteiger partial charge is 0.337 e. The lowest BCUT2D eigenvalue weighted by Crippen LogP contribution is -2.29. The Balaban J connectivity index is 2.80. The summed E-state index contributed by atoms with van der Waals surface area (Å²) in [7, 11) is 1.10. The summed E-state index contributed by atoms with van der Waals surface area (Å²) in [4.78, 5) is 10.9. The number of rotatable bonds is 3. The zero-order valence-electron chi connectivity index (χ0n) is 7.99. The van der Waals surface area contributed by atoms with E-state index in [4.69, 9.17) is 5.73 Å². The second-order valence-electron chi connectivity index (χ2n) is 2.80. The van der Waals surface area contributed by atoms with Crippen molar-refractivity contribution in [2.24, 2.45) is 0 Å². The lowest BCUT2D eigenvalue weighted by Gasteiger charge is -2.14. The summed E-state index contributed by atoms with van der Waals surface area (Å²) in [6.45, 7) is 0. The first-order chi connectivity index (χ1) is 7.06. The number of methoxy groups -OCH3 is 1. The second kappa shape index (κ2) is 4.67. The van der Waals surface area contributed by atoms with E-state index in [1.165, 1.54) is 12.1 Å². The molecule has 1 rings (SSSR count). The van der Waals surface area contributed by atoms with Gasteiger partial charge < -0.3 is 20.7 Å². The van der Waals surface area contributed by atoms with Gasteiger partial charge in [-0.25, -0.2) is 4.79 Å². The monoisotopic (exact) mass is 213 g/mol. The van der Waals surface area contributed by atoms with Crippen molar-refractivity contribution in [3.63, 3.8) is 0 Å². The van der Waals surface area contributed by atoms with Gasteiger partial charge in [-0.1, -0.05) is 0 Å². The zero-order valence-corrected chi connectivity index (χ0v) is 7.99. The third-order valence-corrected chi connectivity index (χ3v) is 1.75. The van der Waals surface area contributed by atoms with E-state index in [1.807, 2.05) is 0 Å². The average molecular weight is 213 g/mol. The topological polar surface area (TPSA) is 119 Å². The number of ether oxygens (including phenoxy) is 1. The third kappa shape index (κ3) is 2.61. The number of carbonyl (C=O) groups is 1. The molecule has 0 bridgehead atoms. The fraction of sp³-hybridized carbons (Fsp3) is 0.375. The Morgan fingerprint density at radius 3 is 2.60 bits per heavy atom. The molecule has 7 nitrogen and oxygen atoms in total. The van der Waals surface area contributed by atoms with Crippen LogP contribution in [0.2, 0.25) is 0 Å². The first kappa shape index (κ1) is 11.3. The van der Waals surface area contributed by atoms with Crippen molar-refractivity contribution in [3.8, 4) is 0 Å². The number of carbonyl (C=O) groups excluding carboxylic acids is 1. The van der Waals surface area contributed by atoms with Crippen LogP contribution in [0.3, 0.4) is 0 Å². The maximum atomic E-state index is 10.9. The number of aliphatic hydroxyl groups is 2. The molecular weight excluding hydrogens is 202 g/mol. The largest absolute Gasteiger partial charge is 0.467 e. The van der Waals surface area contributed by atoms with Crippen LogP contribution in [0.15, 0.2) is 12.1 Å². The number of nitrogen functional groups attached to an aromatic ring is 1. The van der Waals surface area contributed by atoms with Gasteiger partial charge in [0.05, 0.1) is 12.8 Å². The molecule has 0 saturated carbocycles. The van der Waals surface area contributed by atoms with E-state index in [-0.39, 0.29) is 11.5 Å². The van der Waals surface area contributed by atoms with Gasteiger partial charge in [-0.05, 0) is 12.1 Å². The number of aliphatic hydroxyl groups excluding tert-OH is 2.